The molecule has 7 heteroatoms. The molecule has 0 spiro atoms. The topological polar surface area (TPSA) is 76.2 Å². The number of anilines is 1. The Morgan fingerprint density at radius 1 is 1.07 bits per heavy atom. The van der Waals surface area contributed by atoms with Crippen LogP contribution in [0, 0.1) is 5.92 Å². The maximum atomic E-state index is 12.9. The van der Waals surface area contributed by atoms with Crippen LogP contribution in [0.5, 0.6) is 5.75 Å². The van der Waals surface area contributed by atoms with E-state index in [1.807, 2.05) is 11.8 Å². The van der Waals surface area contributed by atoms with Crippen LogP contribution in [-0.2, 0) is 19.1 Å². The van der Waals surface area contributed by atoms with Crippen molar-refractivity contribution in [3.8, 4) is 5.75 Å². The Kier molecular flexibility index (Phi) is 6.11. The maximum absolute atomic E-state index is 12.9. The molecule has 2 aliphatic heterocycles. The molecule has 7 nitrogen and oxygen atoms in total. The number of hydrogen-bond donors (Lipinski definition) is 0. The van der Waals surface area contributed by atoms with E-state index in [2.05, 4.69) is 0 Å². The van der Waals surface area contributed by atoms with Crippen molar-refractivity contribution < 1.29 is 23.9 Å². The number of ether oxygens (including phenoxy) is 2. The third-order valence-corrected chi connectivity index (χ3v) is 5.12. The predicted octanol–water partition coefficient (Wildman–Crippen LogP) is 1.99. The molecule has 2 saturated heterocycles. The van der Waals surface area contributed by atoms with Crippen molar-refractivity contribution in [3.63, 3.8) is 0 Å². The molecule has 1 aromatic carbocycles. The summed E-state index contributed by atoms with van der Waals surface area (Å²) in [5.74, 6) is 0.0379. The van der Waals surface area contributed by atoms with E-state index in [1.165, 1.54) is 4.90 Å². The van der Waals surface area contributed by atoms with Gasteiger partial charge < -0.3 is 9.47 Å². The average Bonchev–Trinajstić information content (AvgIpc) is 2.97. The van der Waals surface area contributed by atoms with Crippen LogP contribution >= 0.6 is 0 Å². The van der Waals surface area contributed by atoms with Crippen molar-refractivity contribution in [2.45, 2.75) is 39.2 Å². The highest BCUT2D eigenvalue weighted by Gasteiger charge is 2.44. The molecule has 2 aliphatic rings. The van der Waals surface area contributed by atoms with Gasteiger partial charge in [-0.05, 0) is 64.0 Å². The molecule has 0 radical (unpaired) electrons. The van der Waals surface area contributed by atoms with Gasteiger partial charge in [-0.3, -0.25) is 19.3 Å². The minimum Gasteiger partial charge on any atom is -0.494 e. The fourth-order valence-electron chi connectivity index (χ4n) is 3.74. The summed E-state index contributed by atoms with van der Waals surface area (Å²) in [5, 5.41) is 0. The summed E-state index contributed by atoms with van der Waals surface area (Å²) in [6.07, 6.45) is 1.48. The smallest absolute Gasteiger partial charge is 0.309 e. The minimum absolute atomic E-state index is 0.115. The van der Waals surface area contributed by atoms with E-state index in [0.717, 1.165) is 0 Å². The lowest BCUT2D eigenvalue weighted by Crippen LogP contribution is -2.47. The van der Waals surface area contributed by atoms with E-state index in [4.69, 9.17) is 9.47 Å². The van der Waals surface area contributed by atoms with Crippen molar-refractivity contribution in [1.82, 2.24) is 4.90 Å². The van der Waals surface area contributed by atoms with Crippen molar-refractivity contribution in [1.29, 1.82) is 0 Å². The normalized spacial score (nSPS) is 21.6. The van der Waals surface area contributed by atoms with Crippen LogP contribution in [0.1, 0.15) is 33.1 Å². The molecule has 1 aromatic rings. The van der Waals surface area contributed by atoms with Crippen molar-refractivity contribution in [2.24, 2.45) is 5.92 Å². The van der Waals surface area contributed by atoms with Gasteiger partial charge in [-0.2, -0.15) is 0 Å². The fraction of sp³-hybridized carbons (Fsp3) is 0.550. The number of benzene rings is 1. The Morgan fingerprint density at radius 3 is 2.33 bits per heavy atom. The van der Waals surface area contributed by atoms with E-state index >= 15 is 0 Å². The van der Waals surface area contributed by atoms with Crippen molar-refractivity contribution in [3.05, 3.63) is 24.3 Å². The predicted molar refractivity (Wildman–Crippen MR) is 99.4 cm³/mol. The van der Waals surface area contributed by atoms with Crippen molar-refractivity contribution >= 4 is 23.5 Å². The number of hydrogen-bond acceptors (Lipinski definition) is 6. The summed E-state index contributed by atoms with van der Waals surface area (Å²) in [4.78, 5) is 40.5. The molecule has 0 aliphatic carbocycles. The summed E-state index contributed by atoms with van der Waals surface area (Å²) < 4.78 is 10.5. The largest absolute Gasteiger partial charge is 0.494 e. The summed E-state index contributed by atoms with van der Waals surface area (Å²) in [6.45, 7) is 5.87. The molecule has 0 aromatic heterocycles. The number of amides is 2. The van der Waals surface area contributed by atoms with E-state index in [0.29, 0.717) is 50.6 Å². The summed E-state index contributed by atoms with van der Waals surface area (Å²) in [7, 11) is 0. The van der Waals surface area contributed by atoms with Crippen LogP contribution in [0.4, 0.5) is 5.69 Å². The molecular formula is C20H26N2O5. The van der Waals surface area contributed by atoms with Gasteiger partial charge >= 0.3 is 5.97 Å². The van der Waals surface area contributed by atoms with Crippen LogP contribution in [0.15, 0.2) is 24.3 Å². The highest BCUT2D eigenvalue weighted by Crippen LogP contribution is 2.30. The number of carbonyl (C=O) groups is 3. The quantitative estimate of drug-likeness (QED) is 0.560. The SMILES string of the molecule is CCOC(=O)C1CCN([C@H]2CC(=O)N(c3ccc(OCC)cc3)C2=O)CC1. The molecule has 0 N–H and O–H groups in total. The summed E-state index contributed by atoms with van der Waals surface area (Å²) >= 11 is 0. The number of likely N-dealkylation sites (tertiary alicyclic amines) is 1. The van der Waals surface area contributed by atoms with Gasteiger partial charge in [0, 0.05) is 0 Å². The van der Waals surface area contributed by atoms with Crippen LogP contribution in [0.3, 0.4) is 0 Å². The first-order valence-corrected chi connectivity index (χ1v) is 9.55. The lowest BCUT2D eigenvalue weighted by Gasteiger charge is -2.33. The van der Waals surface area contributed by atoms with E-state index in [-0.39, 0.29) is 30.1 Å². The van der Waals surface area contributed by atoms with Gasteiger partial charge in [-0.1, -0.05) is 0 Å². The van der Waals surface area contributed by atoms with E-state index < -0.39 is 6.04 Å². The Morgan fingerprint density at radius 2 is 1.74 bits per heavy atom. The Hall–Kier alpha value is -2.41. The number of carbonyl (C=O) groups excluding carboxylic acids is 3. The van der Waals surface area contributed by atoms with Gasteiger partial charge in [-0.25, -0.2) is 4.90 Å². The molecule has 146 valence electrons. The zero-order valence-corrected chi connectivity index (χ0v) is 15.8. The number of rotatable bonds is 6. The molecule has 3 rings (SSSR count). The molecule has 1 atom stereocenters. The maximum Gasteiger partial charge on any atom is 0.309 e. The first-order chi connectivity index (χ1) is 13.0. The van der Waals surface area contributed by atoms with Gasteiger partial charge in [0.25, 0.3) is 5.91 Å². The van der Waals surface area contributed by atoms with Gasteiger partial charge in [0.05, 0.1) is 37.3 Å². The van der Waals surface area contributed by atoms with Crippen LogP contribution in [0.2, 0.25) is 0 Å². The monoisotopic (exact) mass is 374 g/mol. The number of nitrogens with zero attached hydrogens (tertiary/aromatic N) is 2. The van der Waals surface area contributed by atoms with Gasteiger partial charge in [-0.15, -0.1) is 0 Å². The lowest BCUT2D eigenvalue weighted by atomic mass is 9.95. The first kappa shape index (κ1) is 19.4. The fourth-order valence-corrected chi connectivity index (χ4v) is 3.74. The lowest BCUT2D eigenvalue weighted by molar-refractivity contribution is -0.149. The van der Waals surface area contributed by atoms with Crippen LogP contribution in [-0.4, -0.2) is 55.0 Å². The van der Waals surface area contributed by atoms with E-state index in [9.17, 15) is 14.4 Å². The van der Waals surface area contributed by atoms with Crippen molar-refractivity contribution in [2.75, 3.05) is 31.2 Å². The van der Waals surface area contributed by atoms with Crippen LogP contribution < -0.4 is 9.64 Å². The number of imide groups is 1. The summed E-state index contributed by atoms with van der Waals surface area (Å²) in [5.41, 5.74) is 0.567. The highest BCUT2D eigenvalue weighted by molar-refractivity contribution is 6.22. The molecule has 2 amide bonds. The third kappa shape index (κ3) is 4.13. The second-order valence-corrected chi connectivity index (χ2v) is 6.78. The molecular weight excluding hydrogens is 348 g/mol. The Labute approximate surface area is 159 Å². The molecule has 0 saturated carbocycles. The number of esters is 1. The summed E-state index contributed by atoms with van der Waals surface area (Å²) in [6, 6.07) is 6.54. The standard InChI is InChI=1S/C20H26N2O5/c1-3-26-16-7-5-15(6-8-16)22-18(23)13-17(19(22)24)21-11-9-14(10-12-21)20(25)27-4-2/h5-8,14,17H,3-4,9-13H2,1-2H3/t17-/m0/s1. The average molecular weight is 374 g/mol. The zero-order chi connectivity index (χ0) is 19.4. The first-order valence-electron chi connectivity index (χ1n) is 9.55. The molecule has 2 fully saturated rings. The van der Waals surface area contributed by atoms with Crippen LogP contribution in [0.25, 0.3) is 0 Å². The Balaban J connectivity index is 1.63. The minimum atomic E-state index is -0.452. The second-order valence-electron chi connectivity index (χ2n) is 6.78. The number of piperidine rings is 1. The van der Waals surface area contributed by atoms with Gasteiger partial charge in [0.15, 0.2) is 0 Å². The highest BCUT2D eigenvalue weighted by atomic mass is 16.5. The third-order valence-electron chi connectivity index (χ3n) is 5.12. The Bertz CT molecular complexity index is 695. The zero-order valence-electron chi connectivity index (χ0n) is 15.8. The van der Waals surface area contributed by atoms with Gasteiger partial charge in [0.2, 0.25) is 5.91 Å². The van der Waals surface area contributed by atoms with Gasteiger partial charge in [0.1, 0.15) is 5.75 Å². The molecule has 2 heterocycles. The van der Waals surface area contributed by atoms with E-state index in [1.54, 1.807) is 31.2 Å². The molecule has 27 heavy (non-hydrogen) atoms. The molecule has 0 unspecified atom stereocenters. The molecule has 0 bridgehead atoms. The second kappa shape index (κ2) is 8.52.